The summed E-state index contributed by atoms with van der Waals surface area (Å²) in [5, 5.41) is 8.66. The molecule has 2 aliphatic heterocycles. The molecule has 0 aromatic heterocycles. The van der Waals surface area contributed by atoms with Gasteiger partial charge in [0.1, 0.15) is 0 Å². The number of fused-ring (bicyclic) bond motifs is 2. The summed E-state index contributed by atoms with van der Waals surface area (Å²) in [7, 11) is 0. The zero-order valence-electron chi connectivity index (χ0n) is 7.16. The Bertz CT molecular complexity index is 213. The maximum absolute atomic E-state index is 10.6. The second-order valence-electron chi connectivity index (χ2n) is 4.16. The van der Waals surface area contributed by atoms with Crippen molar-refractivity contribution in [3.63, 3.8) is 0 Å². The summed E-state index contributed by atoms with van der Waals surface area (Å²) in [4.78, 5) is 10.6. The maximum Gasteiger partial charge on any atom is 0.361 e. The van der Waals surface area contributed by atoms with E-state index in [2.05, 4.69) is 0 Å². The molecule has 12 heavy (non-hydrogen) atoms. The minimum atomic E-state index is -1.07. The second kappa shape index (κ2) is 2.00. The fourth-order valence-corrected chi connectivity index (χ4v) is 2.34. The van der Waals surface area contributed by atoms with E-state index in [1.54, 1.807) is 0 Å². The summed E-state index contributed by atoms with van der Waals surface area (Å²) < 4.78 is 10.5. The fourth-order valence-electron chi connectivity index (χ4n) is 2.34. The SMILES string of the molecule is CC12CC(C)(C1)OC(C(=O)O)O2. The van der Waals surface area contributed by atoms with Crippen molar-refractivity contribution in [2.75, 3.05) is 0 Å². The number of carboxylic acids is 1. The van der Waals surface area contributed by atoms with Crippen LogP contribution < -0.4 is 0 Å². The average Bonchev–Trinajstić information content (AvgIpc) is 1.81. The summed E-state index contributed by atoms with van der Waals surface area (Å²) in [5.41, 5.74) is -0.536. The lowest BCUT2D eigenvalue weighted by molar-refractivity contribution is -0.367. The molecule has 3 aliphatic rings. The summed E-state index contributed by atoms with van der Waals surface area (Å²) in [5.74, 6) is -1.04. The first-order valence-corrected chi connectivity index (χ1v) is 4.01. The van der Waals surface area contributed by atoms with Crippen molar-refractivity contribution < 1.29 is 19.4 Å². The van der Waals surface area contributed by atoms with Crippen LogP contribution in [0, 0.1) is 0 Å². The minimum Gasteiger partial charge on any atom is -0.477 e. The van der Waals surface area contributed by atoms with E-state index in [0.717, 1.165) is 12.8 Å². The van der Waals surface area contributed by atoms with E-state index in [1.165, 1.54) is 0 Å². The van der Waals surface area contributed by atoms with Crippen molar-refractivity contribution in [2.24, 2.45) is 0 Å². The van der Waals surface area contributed by atoms with E-state index in [1.807, 2.05) is 13.8 Å². The van der Waals surface area contributed by atoms with Crippen LogP contribution in [-0.4, -0.2) is 28.6 Å². The molecule has 0 spiro atoms. The molecule has 1 N–H and O–H groups in total. The van der Waals surface area contributed by atoms with Gasteiger partial charge in [0.25, 0.3) is 6.29 Å². The molecule has 0 aromatic carbocycles. The molecule has 1 aliphatic carbocycles. The Labute approximate surface area is 70.5 Å². The smallest absolute Gasteiger partial charge is 0.361 e. The Balaban J connectivity index is 2.12. The van der Waals surface area contributed by atoms with Gasteiger partial charge in [-0.25, -0.2) is 4.79 Å². The lowest BCUT2D eigenvalue weighted by Crippen LogP contribution is -2.65. The van der Waals surface area contributed by atoms with E-state index in [0.29, 0.717) is 0 Å². The van der Waals surface area contributed by atoms with Gasteiger partial charge >= 0.3 is 5.97 Å². The van der Waals surface area contributed by atoms with E-state index in [-0.39, 0.29) is 11.2 Å². The van der Waals surface area contributed by atoms with Gasteiger partial charge in [-0.05, 0) is 13.8 Å². The van der Waals surface area contributed by atoms with E-state index < -0.39 is 12.3 Å². The van der Waals surface area contributed by atoms with Gasteiger partial charge in [-0.1, -0.05) is 0 Å². The maximum atomic E-state index is 10.6. The van der Waals surface area contributed by atoms with Crippen molar-refractivity contribution in [2.45, 2.75) is 44.2 Å². The zero-order valence-corrected chi connectivity index (χ0v) is 7.16. The molecule has 0 unspecified atom stereocenters. The van der Waals surface area contributed by atoms with E-state index >= 15 is 0 Å². The molecule has 2 bridgehead atoms. The molecule has 3 fully saturated rings. The highest BCUT2D eigenvalue weighted by atomic mass is 16.7. The molecule has 68 valence electrons. The van der Waals surface area contributed by atoms with Crippen LogP contribution in [0.3, 0.4) is 0 Å². The van der Waals surface area contributed by atoms with Gasteiger partial charge in [0, 0.05) is 12.8 Å². The average molecular weight is 172 g/mol. The highest BCUT2D eigenvalue weighted by molar-refractivity contribution is 5.71. The van der Waals surface area contributed by atoms with Crippen LogP contribution in [-0.2, 0) is 14.3 Å². The van der Waals surface area contributed by atoms with Crippen LogP contribution in [0.1, 0.15) is 26.7 Å². The summed E-state index contributed by atoms with van der Waals surface area (Å²) >= 11 is 0. The van der Waals surface area contributed by atoms with Crippen LogP contribution in [0.4, 0.5) is 0 Å². The van der Waals surface area contributed by atoms with Gasteiger partial charge in [0.05, 0.1) is 11.2 Å². The quantitative estimate of drug-likeness (QED) is 0.634. The van der Waals surface area contributed by atoms with Gasteiger partial charge in [-0.2, -0.15) is 0 Å². The fraction of sp³-hybridized carbons (Fsp3) is 0.875. The molecule has 2 saturated heterocycles. The third-order valence-corrected chi connectivity index (χ3v) is 2.48. The van der Waals surface area contributed by atoms with Crippen LogP contribution in [0.2, 0.25) is 0 Å². The van der Waals surface area contributed by atoms with Crippen molar-refractivity contribution in [3.05, 3.63) is 0 Å². The third kappa shape index (κ3) is 1.03. The molecular formula is C8H12O4. The highest BCUT2D eigenvalue weighted by Crippen LogP contribution is 2.51. The number of carbonyl (C=O) groups is 1. The first-order valence-electron chi connectivity index (χ1n) is 4.01. The zero-order chi connectivity index (χ0) is 8.98. The Morgan fingerprint density at radius 2 is 1.75 bits per heavy atom. The molecule has 2 heterocycles. The first-order chi connectivity index (χ1) is 5.43. The van der Waals surface area contributed by atoms with E-state index in [9.17, 15) is 4.79 Å². The normalized spacial score (nSPS) is 51.3. The molecule has 0 aromatic rings. The Morgan fingerprint density at radius 1 is 1.33 bits per heavy atom. The largest absolute Gasteiger partial charge is 0.477 e. The Kier molecular flexibility index (Phi) is 1.34. The van der Waals surface area contributed by atoms with Gasteiger partial charge in [-0.15, -0.1) is 0 Å². The Hall–Kier alpha value is -0.610. The van der Waals surface area contributed by atoms with E-state index in [4.69, 9.17) is 14.6 Å². The predicted octanol–water partition coefficient (Wildman–Crippen LogP) is 0.755. The van der Waals surface area contributed by atoms with Crippen molar-refractivity contribution in [1.29, 1.82) is 0 Å². The first kappa shape index (κ1) is 8.01. The van der Waals surface area contributed by atoms with Crippen molar-refractivity contribution >= 4 is 5.97 Å². The monoisotopic (exact) mass is 172 g/mol. The third-order valence-electron chi connectivity index (χ3n) is 2.48. The minimum absolute atomic E-state index is 0.268. The number of carboxylic acid groups (broad SMARTS) is 1. The molecule has 4 heteroatoms. The molecular weight excluding hydrogens is 160 g/mol. The molecule has 1 saturated carbocycles. The molecule has 0 atom stereocenters. The molecule has 4 nitrogen and oxygen atoms in total. The number of ether oxygens (including phenoxy) is 2. The topological polar surface area (TPSA) is 55.8 Å². The van der Waals surface area contributed by atoms with Crippen LogP contribution in [0.5, 0.6) is 0 Å². The van der Waals surface area contributed by atoms with Gasteiger partial charge in [0.2, 0.25) is 0 Å². The summed E-state index contributed by atoms with van der Waals surface area (Å²) in [6, 6.07) is 0. The Morgan fingerprint density at radius 3 is 2.08 bits per heavy atom. The number of hydrogen-bond donors (Lipinski definition) is 1. The van der Waals surface area contributed by atoms with Crippen LogP contribution in [0.15, 0.2) is 0 Å². The number of hydrogen-bond acceptors (Lipinski definition) is 3. The molecule has 0 amide bonds. The summed E-state index contributed by atoms with van der Waals surface area (Å²) in [6.45, 7) is 3.85. The van der Waals surface area contributed by atoms with Crippen LogP contribution in [0.25, 0.3) is 0 Å². The van der Waals surface area contributed by atoms with Gasteiger partial charge < -0.3 is 14.6 Å². The van der Waals surface area contributed by atoms with Crippen LogP contribution >= 0.6 is 0 Å². The molecule has 0 radical (unpaired) electrons. The number of aliphatic carboxylic acids is 1. The number of rotatable bonds is 1. The van der Waals surface area contributed by atoms with Gasteiger partial charge in [-0.3, -0.25) is 0 Å². The van der Waals surface area contributed by atoms with Crippen molar-refractivity contribution in [1.82, 2.24) is 0 Å². The lowest BCUT2D eigenvalue weighted by Gasteiger charge is -2.58. The van der Waals surface area contributed by atoms with Gasteiger partial charge in [0.15, 0.2) is 0 Å². The summed E-state index contributed by atoms with van der Waals surface area (Å²) in [6.07, 6.45) is 0.524. The lowest BCUT2D eigenvalue weighted by atomic mass is 9.68. The standard InChI is InChI=1S/C8H12O4/c1-7-3-8(2,4-7)12-6(11-7)5(9)10/h6H,3-4H2,1-2H3,(H,9,10). The van der Waals surface area contributed by atoms with Crippen molar-refractivity contribution in [3.8, 4) is 0 Å². The highest BCUT2D eigenvalue weighted by Gasteiger charge is 2.58. The predicted molar refractivity (Wildman–Crippen MR) is 39.6 cm³/mol. The second-order valence-corrected chi connectivity index (χ2v) is 4.16. The molecule has 3 rings (SSSR count).